The smallest absolute Gasteiger partial charge is 0.237 e. The third-order valence-corrected chi connectivity index (χ3v) is 4.64. The summed E-state index contributed by atoms with van der Waals surface area (Å²) in [5, 5.41) is 6.02. The molecule has 2 aliphatic rings. The lowest BCUT2D eigenvalue weighted by molar-refractivity contribution is -0.132. The predicted molar refractivity (Wildman–Crippen MR) is 89.2 cm³/mol. The van der Waals surface area contributed by atoms with Gasteiger partial charge in [0.05, 0.1) is 6.04 Å². The highest BCUT2D eigenvalue weighted by atomic mass is 35.5. The quantitative estimate of drug-likeness (QED) is 0.756. The van der Waals surface area contributed by atoms with Crippen molar-refractivity contribution in [3.8, 4) is 0 Å². The summed E-state index contributed by atoms with van der Waals surface area (Å²) in [6.45, 7) is 3.45. The summed E-state index contributed by atoms with van der Waals surface area (Å²) in [4.78, 5) is 28.2. The summed E-state index contributed by atoms with van der Waals surface area (Å²) in [5.41, 5.74) is 0. The van der Waals surface area contributed by atoms with Gasteiger partial charge in [0, 0.05) is 26.1 Å². The average molecular weight is 333 g/mol. The van der Waals surface area contributed by atoms with Crippen LogP contribution in [0, 0.1) is 0 Å². The Bertz CT molecular complexity index is 367. The van der Waals surface area contributed by atoms with Crippen LogP contribution in [0.3, 0.4) is 0 Å². The average Bonchev–Trinajstić information content (AvgIpc) is 3.01. The second-order valence-corrected chi connectivity index (χ2v) is 6.23. The molecule has 0 aromatic heterocycles. The molecular weight excluding hydrogens is 304 g/mol. The first-order chi connectivity index (χ1) is 10.1. The molecule has 128 valence electrons. The van der Waals surface area contributed by atoms with Crippen molar-refractivity contribution in [2.75, 3.05) is 40.3 Å². The number of rotatable bonds is 5. The Kier molecular flexibility index (Phi) is 8.14. The topological polar surface area (TPSA) is 64.7 Å². The van der Waals surface area contributed by atoms with Gasteiger partial charge in [0.15, 0.2) is 0 Å². The number of piperidine rings is 1. The number of amides is 2. The summed E-state index contributed by atoms with van der Waals surface area (Å²) in [5.74, 6) is 0.159. The van der Waals surface area contributed by atoms with Gasteiger partial charge < -0.3 is 20.4 Å². The summed E-state index contributed by atoms with van der Waals surface area (Å²) in [6.07, 6.45) is 4.42. The molecule has 2 heterocycles. The largest absolute Gasteiger partial charge is 0.354 e. The fourth-order valence-electron chi connectivity index (χ4n) is 3.09. The van der Waals surface area contributed by atoms with Gasteiger partial charge in [-0.3, -0.25) is 9.59 Å². The molecule has 1 unspecified atom stereocenters. The van der Waals surface area contributed by atoms with Gasteiger partial charge >= 0.3 is 0 Å². The molecule has 0 bridgehead atoms. The Balaban J connectivity index is 0.00000242. The van der Waals surface area contributed by atoms with Gasteiger partial charge in [0.25, 0.3) is 0 Å². The Morgan fingerprint density at radius 1 is 1.27 bits per heavy atom. The van der Waals surface area contributed by atoms with Crippen LogP contribution in [-0.2, 0) is 9.59 Å². The van der Waals surface area contributed by atoms with Crippen LogP contribution < -0.4 is 10.6 Å². The molecule has 0 aromatic carbocycles. The molecule has 2 N–H and O–H groups in total. The zero-order valence-corrected chi connectivity index (χ0v) is 14.5. The van der Waals surface area contributed by atoms with E-state index in [-0.39, 0.29) is 30.3 Å². The molecule has 0 aromatic rings. The van der Waals surface area contributed by atoms with Crippen molar-refractivity contribution in [3.05, 3.63) is 0 Å². The highest BCUT2D eigenvalue weighted by molar-refractivity contribution is 5.85. The van der Waals surface area contributed by atoms with E-state index in [0.717, 1.165) is 45.3 Å². The molecule has 22 heavy (non-hydrogen) atoms. The van der Waals surface area contributed by atoms with Gasteiger partial charge in [-0.25, -0.2) is 0 Å². The van der Waals surface area contributed by atoms with E-state index in [1.54, 1.807) is 0 Å². The third kappa shape index (κ3) is 5.41. The number of nitrogens with zero attached hydrogens (tertiary/aromatic N) is 2. The highest BCUT2D eigenvalue weighted by Gasteiger charge is 2.24. The van der Waals surface area contributed by atoms with Crippen LogP contribution in [-0.4, -0.2) is 74.0 Å². The molecule has 0 saturated carbocycles. The zero-order valence-electron chi connectivity index (χ0n) is 13.6. The lowest BCUT2D eigenvalue weighted by Crippen LogP contribution is -2.46. The van der Waals surface area contributed by atoms with E-state index in [4.69, 9.17) is 0 Å². The van der Waals surface area contributed by atoms with Crippen LogP contribution in [0.5, 0.6) is 0 Å². The highest BCUT2D eigenvalue weighted by Crippen LogP contribution is 2.14. The van der Waals surface area contributed by atoms with E-state index >= 15 is 0 Å². The second-order valence-electron chi connectivity index (χ2n) is 6.23. The second kappa shape index (κ2) is 9.33. The first-order valence-electron chi connectivity index (χ1n) is 8.03. The summed E-state index contributed by atoms with van der Waals surface area (Å²) >= 11 is 0. The van der Waals surface area contributed by atoms with Crippen LogP contribution in [0.2, 0.25) is 0 Å². The molecule has 0 radical (unpaired) electrons. The van der Waals surface area contributed by atoms with Crippen molar-refractivity contribution in [1.29, 1.82) is 0 Å². The summed E-state index contributed by atoms with van der Waals surface area (Å²) < 4.78 is 0. The zero-order chi connectivity index (χ0) is 15.2. The van der Waals surface area contributed by atoms with Crippen molar-refractivity contribution in [3.63, 3.8) is 0 Å². The molecule has 2 amide bonds. The van der Waals surface area contributed by atoms with E-state index in [2.05, 4.69) is 22.6 Å². The number of nitrogens with one attached hydrogen (secondary N) is 2. The first-order valence-corrected chi connectivity index (χ1v) is 8.03. The number of carbonyl (C=O) groups excluding carboxylic acids is 2. The SMILES string of the molecule is CN1CCC(N(C)C(=O)CCNC(=O)C2CCCN2)CC1.Cl. The molecule has 1 atom stereocenters. The Labute approximate surface area is 139 Å². The van der Waals surface area contributed by atoms with Crippen molar-refractivity contribution < 1.29 is 9.59 Å². The summed E-state index contributed by atoms with van der Waals surface area (Å²) in [6, 6.07) is 0.285. The fraction of sp³-hybridized carbons (Fsp3) is 0.867. The Morgan fingerprint density at radius 2 is 1.95 bits per heavy atom. The van der Waals surface area contributed by atoms with Gasteiger partial charge in [-0.05, 0) is 52.4 Å². The maximum absolute atomic E-state index is 12.2. The van der Waals surface area contributed by atoms with Gasteiger partial charge in [0.1, 0.15) is 0 Å². The van der Waals surface area contributed by atoms with Crippen molar-refractivity contribution >= 4 is 24.2 Å². The standard InChI is InChI=1S/C15H28N4O2.ClH/c1-18-10-6-12(7-11-18)19(2)14(20)5-9-17-15(21)13-4-3-8-16-13;/h12-13,16H,3-11H2,1-2H3,(H,17,21);1H. The molecule has 7 heteroatoms. The van der Waals surface area contributed by atoms with Crippen LogP contribution in [0.25, 0.3) is 0 Å². The minimum absolute atomic E-state index is 0. The Hall–Kier alpha value is -0.850. The molecule has 2 rings (SSSR count). The maximum atomic E-state index is 12.2. The van der Waals surface area contributed by atoms with Gasteiger partial charge in [-0.15, -0.1) is 12.4 Å². The summed E-state index contributed by atoms with van der Waals surface area (Å²) in [7, 11) is 4.00. The fourth-order valence-corrected chi connectivity index (χ4v) is 3.09. The lowest BCUT2D eigenvalue weighted by Gasteiger charge is -2.35. The van der Waals surface area contributed by atoms with Crippen LogP contribution in [0.15, 0.2) is 0 Å². The van der Waals surface area contributed by atoms with Gasteiger partial charge in [0.2, 0.25) is 11.8 Å². The monoisotopic (exact) mass is 332 g/mol. The minimum atomic E-state index is -0.0632. The van der Waals surface area contributed by atoms with E-state index in [1.165, 1.54) is 0 Å². The molecular formula is C15H29ClN4O2. The van der Waals surface area contributed by atoms with Crippen molar-refractivity contribution in [2.24, 2.45) is 0 Å². The first kappa shape index (κ1) is 19.2. The third-order valence-electron chi connectivity index (χ3n) is 4.64. The normalized spacial score (nSPS) is 22.9. The number of hydrogen-bond acceptors (Lipinski definition) is 4. The Morgan fingerprint density at radius 3 is 2.55 bits per heavy atom. The van der Waals surface area contributed by atoms with Gasteiger partial charge in [-0.2, -0.15) is 0 Å². The van der Waals surface area contributed by atoms with Crippen LogP contribution in [0.1, 0.15) is 32.1 Å². The van der Waals surface area contributed by atoms with E-state index in [1.807, 2.05) is 11.9 Å². The van der Waals surface area contributed by atoms with Crippen LogP contribution in [0.4, 0.5) is 0 Å². The number of carbonyl (C=O) groups is 2. The number of likely N-dealkylation sites (tertiary alicyclic amines) is 1. The van der Waals surface area contributed by atoms with E-state index < -0.39 is 0 Å². The predicted octanol–water partition coefficient (Wildman–Crippen LogP) is 0.219. The minimum Gasteiger partial charge on any atom is -0.354 e. The van der Waals surface area contributed by atoms with Crippen molar-refractivity contribution in [1.82, 2.24) is 20.4 Å². The van der Waals surface area contributed by atoms with Gasteiger partial charge in [-0.1, -0.05) is 0 Å². The lowest BCUT2D eigenvalue weighted by atomic mass is 10.0. The molecule has 2 saturated heterocycles. The molecule has 0 spiro atoms. The number of hydrogen-bond donors (Lipinski definition) is 2. The molecule has 2 fully saturated rings. The number of halogens is 1. The van der Waals surface area contributed by atoms with E-state index in [0.29, 0.717) is 19.0 Å². The molecule has 2 aliphatic heterocycles. The molecule has 6 nitrogen and oxygen atoms in total. The molecule has 0 aliphatic carbocycles. The maximum Gasteiger partial charge on any atom is 0.237 e. The van der Waals surface area contributed by atoms with Crippen LogP contribution >= 0.6 is 12.4 Å². The van der Waals surface area contributed by atoms with Crippen molar-refractivity contribution in [2.45, 2.75) is 44.2 Å². The van der Waals surface area contributed by atoms with E-state index in [9.17, 15) is 9.59 Å².